The molecular formula is C19H13ClN4O. The maximum atomic E-state index is 12.4. The van der Waals surface area contributed by atoms with Crippen LogP contribution >= 0.6 is 11.6 Å². The largest absolute Gasteiger partial charge is 0.353 e. The van der Waals surface area contributed by atoms with Gasteiger partial charge in [0.1, 0.15) is 6.07 Å². The predicted molar refractivity (Wildman–Crippen MR) is 98.1 cm³/mol. The Labute approximate surface area is 149 Å². The van der Waals surface area contributed by atoms with Crippen molar-refractivity contribution in [1.29, 1.82) is 5.26 Å². The summed E-state index contributed by atoms with van der Waals surface area (Å²) in [6.07, 6.45) is 3.06. The third kappa shape index (κ3) is 3.94. The molecule has 0 unspecified atom stereocenters. The van der Waals surface area contributed by atoms with Crippen LogP contribution in [0, 0.1) is 11.3 Å². The number of pyridine rings is 1. The minimum Gasteiger partial charge on any atom is -0.353 e. The van der Waals surface area contributed by atoms with E-state index >= 15 is 0 Å². The molecule has 5 nitrogen and oxygen atoms in total. The molecule has 0 atom stereocenters. The number of para-hydroxylation sites is 2. The number of nitrogens with one attached hydrogen (secondary N) is 2. The lowest BCUT2D eigenvalue weighted by Gasteiger charge is -2.10. The minimum absolute atomic E-state index is 0.349. The number of nitrogens with zero attached hydrogens (tertiary/aromatic N) is 2. The van der Waals surface area contributed by atoms with Gasteiger partial charge in [0.2, 0.25) is 0 Å². The van der Waals surface area contributed by atoms with Crippen LogP contribution < -0.4 is 10.6 Å². The van der Waals surface area contributed by atoms with E-state index in [9.17, 15) is 4.79 Å². The fourth-order valence-corrected chi connectivity index (χ4v) is 2.42. The van der Waals surface area contributed by atoms with Gasteiger partial charge in [0.25, 0.3) is 5.91 Å². The summed E-state index contributed by atoms with van der Waals surface area (Å²) in [6, 6.07) is 17.8. The lowest BCUT2D eigenvalue weighted by atomic mass is 10.2. The molecule has 1 heterocycles. The Morgan fingerprint density at radius 2 is 1.76 bits per heavy atom. The average molecular weight is 349 g/mol. The van der Waals surface area contributed by atoms with E-state index < -0.39 is 0 Å². The molecule has 122 valence electrons. The van der Waals surface area contributed by atoms with Crippen molar-refractivity contribution in [2.75, 3.05) is 10.6 Å². The molecule has 1 amide bonds. The monoisotopic (exact) mass is 348 g/mol. The van der Waals surface area contributed by atoms with Crippen molar-refractivity contribution >= 4 is 34.6 Å². The number of halogens is 1. The second kappa shape index (κ2) is 7.47. The van der Waals surface area contributed by atoms with E-state index in [4.69, 9.17) is 16.9 Å². The molecular weight excluding hydrogens is 336 g/mol. The summed E-state index contributed by atoms with van der Waals surface area (Å²) < 4.78 is 0. The van der Waals surface area contributed by atoms with E-state index in [0.717, 1.165) is 5.69 Å². The van der Waals surface area contributed by atoms with Crippen LogP contribution in [0.3, 0.4) is 0 Å². The summed E-state index contributed by atoms with van der Waals surface area (Å²) >= 11 is 6.12. The summed E-state index contributed by atoms with van der Waals surface area (Å²) in [7, 11) is 0. The first kappa shape index (κ1) is 16.5. The highest BCUT2D eigenvalue weighted by molar-refractivity contribution is 6.33. The van der Waals surface area contributed by atoms with Crippen molar-refractivity contribution in [3.05, 3.63) is 83.1 Å². The van der Waals surface area contributed by atoms with Gasteiger partial charge in [0.15, 0.2) is 0 Å². The zero-order valence-corrected chi connectivity index (χ0v) is 13.8. The third-order valence-corrected chi connectivity index (χ3v) is 3.78. The lowest BCUT2D eigenvalue weighted by molar-refractivity contribution is 0.102. The topological polar surface area (TPSA) is 77.8 Å². The molecule has 0 aliphatic rings. The molecule has 0 spiro atoms. The third-order valence-electron chi connectivity index (χ3n) is 3.45. The second-order valence-electron chi connectivity index (χ2n) is 5.18. The molecule has 0 saturated carbocycles. The van der Waals surface area contributed by atoms with Gasteiger partial charge in [-0.1, -0.05) is 35.9 Å². The Morgan fingerprint density at radius 3 is 2.52 bits per heavy atom. The molecule has 0 aliphatic heterocycles. The number of hydrogen-bond donors (Lipinski definition) is 2. The Kier molecular flexibility index (Phi) is 4.93. The molecule has 0 aliphatic carbocycles. The fourth-order valence-electron chi connectivity index (χ4n) is 2.23. The molecule has 6 heteroatoms. The molecule has 0 fully saturated rings. The zero-order valence-electron chi connectivity index (χ0n) is 13.0. The van der Waals surface area contributed by atoms with Crippen molar-refractivity contribution in [3.8, 4) is 6.07 Å². The zero-order chi connectivity index (χ0) is 17.6. The van der Waals surface area contributed by atoms with Crippen molar-refractivity contribution in [2.45, 2.75) is 0 Å². The number of carbonyl (C=O) groups is 1. The van der Waals surface area contributed by atoms with E-state index in [1.54, 1.807) is 42.6 Å². The summed E-state index contributed by atoms with van der Waals surface area (Å²) in [4.78, 5) is 16.5. The Morgan fingerprint density at radius 1 is 1.04 bits per heavy atom. The van der Waals surface area contributed by atoms with Gasteiger partial charge in [0.05, 0.1) is 39.4 Å². The number of carbonyl (C=O) groups excluding carboxylic acids is 1. The molecule has 0 bridgehead atoms. The average Bonchev–Trinajstić information content (AvgIpc) is 2.64. The van der Waals surface area contributed by atoms with Crippen molar-refractivity contribution in [1.82, 2.24) is 4.98 Å². The van der Waals surface area contributed by atoms with Crippen LogP contribution in [-0.4, -0.2) is 10.9 Å². The highest BCUT2D eigenvalue weighted by Crippen LogP contribution is 2.25. The van der Waals surface area contributed by atoms with E-state index in [1.165, 1.54) is 6.20 Å². The predicted octanol–water partition coefficient (Wildman–Crippen LogP) is 4.60. The molecule has 3 aromatic rings. The number of nitriles is 1. The number of benzene rings is 2. The number of amides is 1. The normalized spacial score (nSPS) is 9.92. The smallest absolute Gasteiger partial charge is 0.257 e. The molecule has 0 radical (unpaired) electrons. The maximum absolute atomic E-state index is 12.4. The number of rotatable bonds is 4. The highest BCUT2D eigenvalue weighted by Gasteiger charge is 2.10. The van der Waals surface area contributed by atoms with Crippen LogP contribution in [0.2, 0.25) is 5.02 Å². The van der Waals surface area contributed by atoms with Gasteiger partial charge in [-0.25, -0.2) is 0 Å². The Hall–Kier alpha value is -3.36. The van der Waals surface area contributed by atoms with Gasteiger partial charge in [-0.3, -0.25) is 9.78 Å². The van der Waals surface area contributed by atoms with Crippen LogP contribution in [0.25, 0.3) is 0 Å². The van der Waals surface area contributed by atoms with Crippen molar-refractivity contribution in [2.24, 2.45) is 0 Å². The quantitative estimate of drug-likeness (QED) is 0.722. The molecule has 25 heavy (non-hydrogen) atoms. The molecule has 3 rings (SSSR count). The molecule has 1 aromatic heterocycles. The first-order valence-corrected chi connectivity index (χ1v) is 7.82. The first-order valence-electron chi connectivity index (χ1n) is 7.44. The van der Waals surface area contributed by atoms with Gasteiger partial charge in [-0.05, 0) is 30.3 Å². The van der Waals surface area contributed by atoms with Gasteiger partial charge < -0.3 is 10.6 Å². The standard InChI is InChI=1S/C19H13ClN4O/c20-16-6-2-4-8-18(16)23-15-9-14(11-22-12-15)19(25)24-17-7-3-1-5-13(17)10-21/h1-9,11-12,23H,(H,24,25). The Balaban J connectivity index is 1.80. The summed E-state index contributed by atoms with van der Waals surface area (Å²) in [5, 5.41) is 15.5. The van der Waals surface area contributed by atoms with Crippen molar-refractivity contribution in [3.63, 3.8) is 0 Å². The Bertz CT molecular complexity index is 965. The fraction of sp³-hybridized carbons (Fsp3) is 0. The van der Waals surface area contributed by atoms with Gasteiger partial charge in [0, 0.05) is 6.20 Å². The summed E-state index contributed by atoms with van der Waals surface area (Å²) in [5.74, 6) is -0.349. The van der Waals surface area contributed by atoms with E-state index in [1.807, 2.05) is 24.3 Å². The van der Waals surface area contributed by atoms with E-state index in [-0.39, 0.29) is 5.91 Å². The second-order valence-corrected chi connectivity index (χ2v) is 5.59. The van der Waals surface area contributed by atoms with Gasteiger partial charge in [-0.2, -0.15) is 5.26 Å². The summed E-state index contributed by atoms with van der Waals surface area (Å²) in [5.41, 5.74) is 2.58. The summed E-state index contributed by atoms with van der Waals surface area (Å²) in [6.45, 7) is 0. The number of anilines is 3. The van der Waals surface area contributed by atoms with Gasteiger partial charge >= 0.3 is 0 Å². The lowest BCUT2D eigenvalue weighted by Crippen LogP contribution is -2.13. The minimum atomic E-state index is -0.349. The molecule has 0 saturated heterocycles. The molecule has 2 N–H and O–H groups in total. The van der Waals surface area contributed by atoms with Crippen LogP contribution in [-0.2, 0) is 0 Å². The van der Waals surface area contributed by atoms with Crippen LogP contribution in [0.1, 0.15) is 15.9 Å². The highest BCUT2D eigenvalue weighted by atomic mass is 35.5. The number of hydrogen-bond acceptors (Lipinski definition) is 4. The first-order chi connectivity index (χ1) is 12.2. The van der Waals surface area contributed by atoms with Crippen LogP contribution in [0.15, 0.2) is 67.0 Å². The SMILES string of the molecule is N#Cc1ccccc1NC(=O)c1cncc(Nc2ccccc2Cl)c1. The van der Waals surface area contributed by atoms with Crippen LogP contribution in [0.4, 0.5) is 17.1 Å². The van der Waals surface area contributed by atoms with Crippen molar-refractivity contribution < 1.29 is 4.79 Å². The van der Waals surface area contributed by atoms with E-state index in [0.29, 0.717) is 27.5 Å². The maximum Gasteiger partial charge on any atom is 0.257 e. The van der Waals surface area contributed by atoms with E-state index in [2.05, 4.69) is 15.6 Å². The van der Waals surface area contributed by atoms with Gasteiger partial charge in [-0.15, -0.1) is 0 Å². The molecule has 2 aromatic carbocycles. The number of aromatic nitrogens is 1. The van der Waals surface area contributed by atoms with Crippen LogP contribution in [0.5, 0.6) is 0 Å².